The third-order valence-electron chi connectivity index (χ3n) is 2.97. The number of halogens is 3. The molecule has 2 aromatic carbocycles. The summed E-state index contributed by atoms with van der Waals surface area (Å²) < 4.78 is 18.3. The van der Waals surface area contributed by atoms with E-state index in [0.717, 1.165) is 5.56 Å². The Balaban J connectivity index is 1.92. The van der Waals surface area contributed by atoms with Gasteiger partial charge in [0.1, 0.15) is 16.6 Å². The van der Waals surface area contributed by atoms with Crippen molar-refractivity contribution in [3.05, 3.63) is 63.9 Å². The van der Waals surface area contributed by atoms with Crippen LogP contribution in [0.2, 0.25) is 10.0 Å². The molecule has 1 unspecified atom stereocenters. The fraction of sp³-hybridized carbons (Fsp3) is 0.188. The first kappa shape index (κ1) is 16.6. The van der Waals surface area contributed by atoms with E-state index in [1.807, 2.05) is 0 Å². The summed E-state index contributed by atoms with van der Waals surface area (Å²) in [6.07, 6.45) is -0.739. The SMILES string of the molecule is CC(Oc1cccc(Cl)c1Cl)C(=O)NCc1ccc(F)cc1. The minimum Gasteiger partial charge on any atom is -0.479 e. The molecule has 22 heavy (non-hydrogen) atoms. The number of carbonyl (C=O) groups is 1. The Kier molecular flexibility index (Phi) is 5.63. The van der Waals surface area contributed by atoms with Crippen LogP contribution in [0.15, 0.2) is 42.5 Å². The molecule has 0 aliphatic rings. The van der Waals surface area contributed by atoms with E-state index >= 15 is 0 Å². The van der Waals surface area contributed by atoms with Crippen molar-refractivity contribution in [2.75, 3.05) is 0 Å². The minimum absolute atomic E-state index is 0.266. The summed E-state index contributed by atoms with van der Waals surface area (Å²) in [6, 6.07) is 10.9. The van der Waals surface area contributed by atoms with Crippen molar-refractivity contribution in [2.24, 2.45) is 0 Å². The highest BCUT2D eigenvalue weighted by Gasteiger charge is 2.16. The summed E-state index contributed by atoms with van der Waals surface area (Å²) in [4.78, 5) is 12.0. The van der Waals surface area contributed by atoms with Gasteiger partial charge >= 0.3 is 0 Å². The largest absolute Gasteiger partial charge is 0.479 e. The van der Waals surface area contributed by atoms with Gasteiger partial charge in [0.05, 0.1) is 5.02 Å². The van der Waals surface area contributed by atoms with E-state index in [1.165, 1.54) is 12.1 Å². The predicted molar refractivity (Wildman–Crippen MR) is 84.8 cm³/mol. The highest BCUT2D eigenvalue weighted by atomic mass is 35.5. The maximum absolute atomic E-state index is 12.8. The lowest BCUT2D eigenvalue weighted by atomic mass is 10.2. The van der Waals surface area contributed by atoms with Gasteiger partial charge in [0.2, 0.25) is 0 Å². The highest BCUT2D eigenvalue weighted by molar-refractivity contribution is 6.42. The molecule has 0 saturated carbocycles. The molecule has 0 saturated heterocycles. The van der Waals surface area contributed by atoms with E-state index in [4.69, 9.17) is 27.9 Å². The van der Waals surface area contributed by atoms with E-state index < -0.39 is 6.10 Å². The quantitative estimate of drug-likeness (QED) is 0.884. The van der Waals surface area contributed by atoms with Gasteiger partial charge in [0.15, 0.2) is 6.10 Å². The van der Waals surface area contributed by atoms with Gasteiger partial charge in [-0.2, -0.15) is 0 Å². The molecule has 2 aromatic rings. The first-order valence-electron chi connectivity index (χ1n) is 6.60. The predicted octanol–water partition coefficient (Wildman–Crippen LogP) is 4.22. The lowest BCUT2D eigenvalue weighted by Gasteiger charge is -2.16. The molecule has 0 spiro atoms. The molecule has 0 aromatic heterocycles. The summed E-state index contributed by atoms with van der Waals surface area (Å²) in [7, 11) is 0. The molecule has 2 rings (SSSR count). The molecule has 3 nitrogen and oxygen atoms in total. The summed E-state index contributed by atoms with van der Waals surface area (Å²) in [5.74, 6) is -0.277. The topological polar surface area (TPSA) is 38.3 Å². The third kappa shape index (κ3) is 4.36. The first-order chi connectivity index (χ1) is 10.5. The molecule has 1 atom stereocenters. The average Bonchev–Trinajstić information content (AvgIpc) is 2.51. The summed E-state index contributed by atoms with van der Waals surface area (Å²) in [5, 5.41) is 3.34. The van der Waals surface area contributed by atoms with E-state index in [2.05, 4.69) is 5.32 Å². The van der Waals surface area contributed by atoms with Crippen LogP contribution in [0.5, 0.6) is 5.75 Å². The van der Waals surface area contributed by atoms with E-state index in [0.29, 0.717) is 10.8 Å². The number of rotatable bonds is 5. The van der Waals surface area contributed by atoms with Gasteiger partial charge in [0.25, 0.3) is 5.91 Å². The third-order valence-corrected chi connectivity index (χ3v) is 3.77. The van der Waals surface area contributed by atoms with Crippen LogP contribution in [-0.2, 0) is 11.3 Å². The van der Waals surface area contributed by atoms with Crippen molar-refractivity contribution >= 4 is 29.1 Å². The normalized spacial score (nSPS) is 11.8. The Labute approximate surface area is 138 Å². The number of hydrogen-bond acceptors (Lipinski definition) is 2. The number of benzene rings is 2. The second-order valence-electron chi connectivity index (χ2n) is 4.66. The molecular weight excluding hydrogens is 328 g/mol. The van der Waals surface area contributed by atoms with Gasteiger partial charge in [0, 0.05) is 6.54 Å². The summed E-state index contributed by atoms with van der Waals surface area (Å²) in [6.45, 7) is 1.90. The lowest BCUT2D eigenvalue weighted by molar-refractivity contribution is -0.127. The molecule has 6 heteroatoms. The number of amides is 1. The van der Waals surface area contributed by atoms with Crippen LogP contribution in [0, 0.1) is 5.82 Å². The van der Waals surface area contributed by atoms with Gasteiger partial charge < -0.3 is 10.1 Å². The Bertz CT molecular complexity index is 662. The fourth-order valence-electron chi connectivity index (χ4n) is 1.75. The molecule has 0 radical (unpaired) electrons. The van der Waals surface area contributed by atoms with Crippen LogP contribution in [-0.4, -0.2) is 12.0 Å². The van der Waals surface area contributed by atoms with Gasteiger partial charge in [-0.25, -0.2) is 4.39 Å². The van der Waals surface area contributed by atoms with Crippen molar-refractivity contribution in [3.8, 4) is 5.75 Å². The highest BCUT2D eigenvalue weighted by Crippen LogP contribution is 2.32. The van der Waals surface area contributed by atoms with E-state index in [9.17, 15) is 9.18 Å². The molecule has 0 aliphatic carbocycles. The molecule has 0 aliphatic heterocycles. The van der Waals surface area contributed by atoms with Crippen molar-refractivity contribution in [1.82, 2.24) is 5.32 Å². The second-order valence-corrected chi connectivity index (χ2v) is 5.44. The minimum atomic E-state index is -0.739. The van der Waals surface area contributed by atoms with Crippen molar-refractivity contribution in [3.63, 3.8) is 0 Å². The number of ether oxygens (including phenoxy) is 1. The van der Waals surface area contributed by atoms with Crippen molar-refractivity contribution in [2.45, 2.75) is 19.6 Å². The Morgan fingerprint density at radius 1 is 1.23 bits per heavy atom. The van der Waals surface area contributed by atoms with Crippen LogP contribution in [0.1, 0.15) is 12.5 Å². The van der Waals surface area contributed by atoms with Crippen molar-refractivity contribution < 1.29 is 13.9 Å². The maximum Gasteiger partial charge on any atom is 0.261 e. The lowest BCUT2D eigenvalue weighted by Crippen LogP contribution is -2.35. The van der Waals surface area contributed by atoms with Gasteiger partial charge in [-0.3, -0.25) is 4.79 Å². The number of carbonyl (C=O) groups excluding carboxylic acids is 1. The monoisotopic (exact) mass is 341 g/mol. The van der Waals surface area contributed by atoms with Gasteiger partial charge in [-0.1, -0.05) is 41.4 Å². The number of hydrogen-bond donors (Lipinski definition) is 1. The second kappa shape index (κ2) is 7.47. The Morgan fingerprint density at radius 2 is 1.91 bits per heavy atom. The van der Waals surface area contributed by atoms with Gasteiger partial charge in [-0.15, -0.1) is 0 Å². The van der Waals surface area contributed by atoms with Crippen LogP contribution >= 0.6 is 23.2 Å². The van der Waals surface area contributed by atoms with Crippen LogP contribution in [0.3, 0.4) is 0 Å². The zero-order valence-corrected chi connectivity index (χ0v) is 13.3. The fourth-order valence-corrected chi connectivity index (χ4v) is 2.09. The Morgan fingerprint density at radius 3 is 2.59 bits per heavy atom. The smallest absolute Gasteiger partial charge is 0.261 e. The molecule has 0 fully saturated rings. The van der Waals surface area contributed by atoms with Crippen LogP contribution < -0.4 is 10.1 Å². The standard InChI is InChI=1S/C16H14Cl2FNO2/c1-10(22-14-4-2-3-13(17)15(14)18)16(21)20-9-11-5-7-12(19)8-6-11/h2-8,10H,9H2,1H3,(H,20,21). The molecule has 116 valence electrons. The van der Waals surface area contributed by atoms with Crippen LogP contribution in [0.4, 0.5) is 4.39 Å². The average molecular weight is 342 g/mol. The zero-order chi connectivity index (χ0) is 16.1. The molecule has 0 bridgehead atoms. The summed E-state index contributed by atoms with van der Waals surface area (Å²) >= 11 is 11.9. The zero-order valence-electron chi connectivity index (χ0n) is 11.8. The van der Waals surface area contributed by atoms with E-state index in [-0.39, 0.29) is 23.3 Å². The molecule has 1 N–H and O–H groups in total. The van der Waals surface area contributed by atoms with Crippen molar-refractivity contribution in [1.29, 1.82) is 0 Å². The van der Waals surface area contributed by atoms with Crippen LogP contribution in [0.25, 0.3) is 0 Å². The number of nitrogens with one attached hydrogen (secondary N) is 1. The molecule has 1 amide bonds. The summed E-state index contributed by atoms with van der Waals surface area (Å²) in [5.41, 5.74) is 0.794. The Hall–Kier alpha value is -1.78. The molecular formula is C16H14Cl2FNO2. The molecule has 0 heterocycles. The van der Waals surface area contributed by atoms with Gasteiger partial charge in [-0.05, 0) is 36.8 Å². The first-order valence-corrected chi connectivity index (χ1v) is 7.36. The maximum atomic E-state index is 12.8. The van der Waals surface area contributed by atoms with E-state index in [1.54, 1.807) is 37.3 Å².